The summed E-state index contributed by atoms with van der Waals surface area (Å²) in [6, 6.07) is 8.10. The van der Waals surface area contributed by atoms with E-state index in [0.717, 1.165) is 11.1 Å². The second-order valence-corrected chi connectivity index (χ2v) is 4.44. The summed E-state index contributed by atoms with van der Waals surface area (Å²) in [6.45, 7) is 0.690. The van der Waals surface area contributed by atoms with Crippen molar-refractivity contribution in [2.75, 3.05) is 4.90 Å². The first kappa shape index (κ1) is 12.0. The van der Waals surface area contributed by atoms with Crippen molar-refractivity contribution in [1.82, 2.24) is 0 Å². The normalized spacial score (nSPS) is 13.8. The van der Waals surface area contributed by atoms with E-state index in [4.69, 9.17) is 0 Å². The van der Waals surface area contributed by atoms with Crippen molar-refractivity contribution in [2.45, 2.75) is 13.1 Å². The number of benzene rings is 2. The molecule has 19 heavy (non-hydrogen) atoms. The number of halogens is 4. The van der Waals surface area contributed by atoms with Crippen LogP contribution in [-0.2, 0) is 13.1 Å². The van der Waals surface area contributed by atoms with Gasteiger partial charge in [-0.25, -0.2) is 17.6 Å². The minimum atomic E-state index is -1.78. The highest BCUT2D eigenvalue weighted by Gasteiger charge is 2.26. The molecule has 1 aliphatic rings. The predicted octanol–water partition coefficient (Wildman–Crippen LogP) is 3.76. The van der Waals surface area contributed by atoms with Crippen molar-refractivity contribution in [2.24, 2.45) is 0 Å². The molecule has 0 atom stereocenters. The zero-order valence-electron chi connectivity index (χ0n) is 9.76. The maximum atomic E-state index is 13.7. The fraction of sp³-hybridized carbons (Fsp3) is 0.143. The van der Waals surface area contributed by atoms with E-state index in [9.17, 15) is 17.6 Å². The monoisotopic (exact) mass is 267 g/mol. The number of rotatable bonds is 1. The Morgan fingerprint density at radius 2 is 1.37 bits per heavy atom. The second-order valence-electron chi connectivity index (χ2n) is 4.44. The van der Waals surface area contributed by atoms with Crippen LogP contribution < -0.4 is 4.90 Å². The van der Waals surface area contributed by atoms with Crippen molar-refractivity contribution < 1.29 is 17.6 Å². The Bertz CT molecular complexity index is 629. The first-order valence-corrected chi connectivity index (χ1v) is 5.72. The van der Waals surface area contributed by atoms with E-state index < -0.39 is 23.3 Å². The molecule has 2 aromatic rings. The molecule has 0 radical (unpaired) electrons. The fourth-order valence-electron chi connectivity index (χ4n) is 2.29. The third-order valence-electron chi connectivity index (χ3n) is 3.26. The molecule has 1 nitrogen and oxygen atoms in total. The first-order chi connectivity index (χ1) is 9.08. The largest absolute Gasteiger partial charge is 0.360 e. The van der Waals surface area contributed by atoms with Crippen LogP contribution in [0.1, 0.15) is 11.1 Å². The number of fused-ring (bicyclic) bond motifs is 1. The van der Waals surface area contributed by atoms with Crippen LogP contribution >= 0.6 is 0 Å². The summed E-state index contributed by atoms with van der Waals surface area (Å²) in [5.41, 5.74) is 1.67. The highest BCUT2D eigenvalue weighted by molar-refractivity contribution is 5.53. The molecule has 2 aromatic carbocycles. The van der Waals surface area contributed by atoms with Crippen LogP contribution in [0.25, 0.3) is 0 Å². The summed E-state index contributed by atoms with van der Waals surface area (Å²) >= 11 is 0. The minimum absolute atomic E-state index is 0.257. The van der Waals surface area contributed by atoms with Crippen LogP contribution in [0.2, 0.25) is 0 Å². The molecule has 0 bridgehead atoms. The maximum Gasteiger partial charge on any atom is 0.199 e. The lowest BCUT2D eigenvalue weighted by atomic mass is 10.1. The molecule has 3 rings (SSSR count). The second kappa shape index (κ2) is 4.26. The molecular weight excluding hydrogens is 258 g/mol. The average Bonchev–Trinajstić information content (AvgIpc) is 2.84. The van der Waals surface area contributed by atoms with Gasteiger partial charge in [-0.15, -0.1) is 0 Å². The third kappa shape index (κ3) is 1.85. The summed E-state index contributed by atoms with van der Waals surface area (Å²) in [5, 5.41) is 0. The highest BCUT2D eigenvalue weighted by atomic mass is 19.2. The van der Waals surface area contributed by atoms with E-state index in [-0.39, 0.29) is 5.69 Å². The zero-order chi connectivity index (χ0) is 13.6. The van der Waals surface area contributed by atoms with Gasteiger partial charge in [0.1, 0.15) is 0 Å². The molecule has 5 heteroatoms. The smallest absolute Gasteiger partial charge is 0.199 e. The van der Waals surface area contributed by atoms with Crippen LogP contribution in [0.4, 0.5) is 23.2 Å². The van der Waals surface area contributed by atoms with Crippen LogP contribution in [0.15, 0.2) is 30.3 Å². The summed E-state index contributed by atoms with van der Waals surface area (Å²) < 4.78 is 53.0. The van der Waals surface area contributed by atoms with Gasteiger partial charge in [0, 0.05) is 19.2 Å². The van der Waals surface area contributed by atoms with Gasteiger partial charge < -0.3 is 4.90 Å². The van der Waals surface area contributed by atoms with Crippen molar-refractivity contribution in [3.05, 3.63) is 64.7 Å². The van der Waals surface area contributed by atoms with Gasteiger partial charge >= 0.3 is 0 Å². The van der Waals surface area contributed by atoms with Crippen LogP contribution in [0.3, 0.4) is 0 Å². The van der Waals surface area contributed by atoms with Crippen LogP contribution in [0.5, 0.6) is 0 Å². The molecule has 0 fully saturated rings. The van der Waals surface area contributed by atoms with Crippen LogP contribution in [0, 0.1) is 23.3 Å². The van der Waals surface area contributed by atoms with Crippen molar-refractivity contribution >= 4 is 5.69 Å². The van der Waals surface area contributed by atoms with E-state index >= 15 is 0 Å². The van der Waals surface area contributed by atoms with Gasteiger partial charge in [0.15, 0.2) is 23.3 Å². The minimum Gasteiger partial charge on any atom is -0.360 e. The topological polar surface area (TPSA) is 3.24 Å². The van der Waals surface area contributed by atoms with Gasteiger partial charge in [-0.05, 0) is 11.1 Å². The Kier molecular flexibility index (Phi) is 2.69. The molecule has 0 saturated heterocycles. The molecule has 0 N–H and O–H groups in total. The molecule has 0 spiro atoms. The lowest BCUT2D eigenvalue weighted by Gasteiger charge is -2.19. The molecule has 0 aliphatic carbocycles. The Hall–Kier alpha value is -2.04. The van der Waals surface area contributed by atoms with Gasteiger partial charge in [-0.2, -0.15) is 0 Å². The number of hydrogen-bond donors (Lipinski definition) is 0. The maximum absolute atomic E-state index is 13.7. The Labute approximate surface area is 107 Å². The standard InChI is InChI=1S/C14H9F4N/c15-10-5-11(13(17)14(18)12(10)16)19-6-8-3-1-2-4-9(8)7-19/h1-5H,6-7H2. The fourth-order valence-corrected chi connectivity index (χ4v) is 2.29. The van der Waals surface area contributed by atoms with E-state index in [1.54, 1.807) is 0 Å². The van der Waals surface area contributed by atoms with Crippen molar-refractivity contribution in [1.29, 1.82) is 0 Å². The molecule has 0 saturated carbocycles. The Morgan fingerprint density at radius 1 is 0.789 bits per heavy atom. The number of hydrogen-bond acceptors (Lipinski definition) is 1. The van der Waals surface area contributed by atoms with Crippen molar-refractivity contribution in [3.63, 3.8) is 0 Å². The Balaban J connectivity index is 2.02. The number of nitrogens with zero attached hydrogens (tertiary/aromatic N) is 1. The van der Waals surface area contributed by atoms with E-state index in [1.165, 1.54) is 4.90 Å². The summed E-state index contributed by atoms with van der Waals surface area (Å²) in [7, 11) is 0. The van der Waals surface area contributed by atoms with Crippen LogP contribution in [-0.4, -0.2) is 0 Å². The molecule has 1 aliphatic heterocycles. The van der Waals surface area contributed by atoms with E-state index in [2.05, 4.69) is 0 Å². The summed E-state index contributed by atoms with van der Waals surface area (Å²) in [4.78, 5) is 1.48. The quantitative estimate of drug-likeness (QED) is 0.432. The van der Waals surface area contributed by atoms with Gasteiger partial charge in [-0.3, -0.25) is 0 Å². The third-order valence-corrected chi connectivity index (χ3v) is 3.26. The predicted molar refractivity (Wildman–Crippen MR) is 62.6 cm³/mol. The average molecular weight is 267 g/mol. The molecular formula is C14H9F4N. The van der Waals surface area contributed by atoms with Crippen molar-refractivity contribution in [3.8, 4) is 0 Å². The van der Waals surface area contributed by atoms with Gasteiger partial charge in [0.05, 0.1) is 5.69 Å². The van der Waals surface area contributed by atoms with E-state index in [0.29, 0.717) is 19.2 Å². The number of anilines is 1. The lowest BCUT2D eigenvalue weighted by Crippen LogP contribution is -2.17. The van der Waals surface area contributed by atoms with E-state index in [1.807, 2.05) is 24.3 Å². The summed E-state index contributed by atoms with van der Waals surface area (Å²) in [5.74, 6) is -6.29. The highest BCUT2D eigenvalue weighted by Crippen LogP contribution is 2.32. The van der Waals surface area contributed by atoms with Gasteiger partial charge in [0.25, 0.3) is 0 Å². The lowest BCUT2D eigenvalue weighted by molar-refractivity contribution is 0.408. The SMILES string of the molecule is Fc1cc(N2Cc3ccccc3C2)c(F)c(F)c1F. The Morgan fingerprint density at radius 3 is 1.95 bits per heavy atom. The molecule has 1 heterocycles. The molecule has 0 aromatic heterocycles. The molecule has 0 unspecified atom stereocenters. The first-order valence-electron chi connectivity index (χ1n) is 5.72. The zero-order valence-corrected chi connectivity index (χ0v) is 9.76. The molecule has 0 amide bonds. The van der Waals surface area contributed by atoms with Gasteiger partial charge in [-0.1, -0.05) is 24.3 Å². The summed E-state index contributed by atoms with van der Waals surface area (Å²) in [6.07, 6.45) is 0. The molecule has 98 valence electrons. The van der Waals surface area contributed by atoms with Gasteiger partial charge in [0.2, 0.25) is 0 Å².